The summed E-state index contributed by atoms with van der Waals surface area (Å²) in [5, 5.41) is 8.73. The summed E-state index contributed by atoms with van der Waals surface area (Å²) >= 11 is 5.60. The topological polar surface area (TPSA) is 88.7 Å². The van der Waals surface area contributed by atoms with E-state index in [2.05, 4.69) is 20.7 Å². The van der Waals surface area contributed by atoms with Crippen molar-refractivity contribution in [3.05, 3.63) is 29.0 Å². The molecule has 2 aliphatic rings. The van der Waals surface area contributed by atoms with E-state index in [0.717, 1.165) is 6.07 Å². The summed E-state index contributed by atoms with van der Waals surface area (Å²) in [5.41, 5.74) is 0. The molecule has 0 unspecified atom stereocenters. The van der Waals surface area contributed by atoms with Crippen LogP contribution in [0.5, 0.6) is 5.75 Å². The highest BCUT2D eigenvalue weighted by Gasteiger charge is 2.36. The fourth-order valence-electron chi connectivity index (χ4n) is 4.00. The molecule has 2 atom stereocenters. The largest absolute Gasteiger partial charge is 0.522 e. The number of nitrogens with one attached hydrogen (secondary N) is 3. The minimum atomic E-state index is -4.64. The molecule has 3 rings (SSSR count). The van der Waals surface area contributed by atoms with Crippen molar-refractivity contribution in [1.29, 1.82) is 0 Å². The van der Waals surface area contributed by atoms with Crippen molar-refractivity contribution in [2.45, 2.75) is 69.1 Å². The third-order valence-electron chi connectivity index (χ3n) is 5.68. The summed E-state index contributed by atoms with van der Waals surface area (Å²) < 4.78 is 59.6. The van der Waals surface area contributed by atoms with Crippen LogP contribution in [0.2, 0.25) is 5.02 Å². The monoisotopic (exact) mass is 495 g/mol. The van der Waals surface area contributed by atoms with Crippen molar-refractivity contribution in [3.8, 4) is 5.75 Å². The average Bonchev–Trinajstić information content (AvgIpc) is 2.75. The predicted molar refractivity (Wildman–Crippen MR) is 111 cm³/mol. The van der Waals surface area contributed by atoms with Gasteiger partial charge in [0, 0.05) is 24.7 Å². The van der Waals surface area contributed by atoms with Gasteiger partial charge in [0.1, 0.15) is 11.6 Å². The summed E-state index contributed by atoms with van der Waals surface area (Å²) in [4.78, 5) is 24.6. The molecular weight excluding hydrogens is 470 g/mol. The van der Waals surface area contributed by atoms with Crippen molar-refractivity contribution in [1.82, 2.24) is 16.0 Å². The first-order valence-corrected chi connectivity index (χ1v) is 11.1. The van der Waals surface area contributed by atoms with Gasteiger partial charge in [0.25, 0.3) is 5.91 Å². The Morgan fingerprint density at radius 1 is 1.06 bits per heavy atom. The van der Waals surface area contributed by atoms with Crippen LogP contribution < -0.4 is 20.7 Å². The minimum absolute atomic E-state index is 0.0400. The molecule has 0 bridgehead atoms. The zero-order valence-corrected chi connectivity index (χ0v) is 18.5. The fraction of sp³-hybridized carbons (Fsp3) is 0.619. The van der Waals surface area contributed by atoms with E-state index >= 15 is 0 Å². The van der Waals surface area contributed by atoms with Gasteiger partial charge in [-0.1, -0.05) is 11.6 Å². The van der Waals surface area contributed by atoms with Gasteiger partial charge >= 0.3 is 6.36 Å². The normalized spacial score (nSPS) is 25.8. The summed E-state index contributed by atoms with van der Waals surface area (Å²) in [5.74, 6) is -1.03. The maximum Gasteiger partial charge on any atom is 0.522 e. The number of ether oxygens (including phenoxy) is 2. The van der Waals surface area contributed by atoms with Crippen LogP contribution >= 0.6 is 11.6 Å². The van der Waals surface area contributed by atoms with Crippen LogP contribution in [0, 0.1) is 5.82 Å². The van der Waals surface area contributed by atoms with Gasteiger partial charge in [-0.25, -0.2) is 4.39 Å². The quantitative estimate of drug-likeness (QED) is 0.506. The molecule has 184 valence electrons. The molecule has 0 aromatic heterocycles. The zero-order valence-electron chi connectivity index (χ0n) is 17.7. The number of halogens is 5. The first-order valence-electron chi connectivity index (χ1n) is 10.7. The molecule has 7 nitrogen and oxygen atoms in total. The standard InChI is InChI=1S/C21H26ClF4N3O4/c22-16-7-6-15(9-17(16)23)32-11-19(30)28-13-3-8-18(27-10-13)20(31)29-12-1-4-14(5-2-12)33-21(24,25)26/h6-7,9,12-14,18,27H,1-5,8,10-11H2,(H,28,30)(H,29,31)/t12-,13-,14+,18+/m0/s1. The Kier molecular flexibility index (Phi) is 8.77. The second kappa shape index (κ2) is 11.3. The maximum atomic E-state index is 13.4. The molecule has 0 spiro atoms. The van der Waals surface area contributed by atoms with Crippen molar-refractivity contribution < 1.29 is 36.6 Å². The molecule has 2 amide bonds. The predicted octanol–water partition coefficient (Wildman–Crippen LogP) is 3.06. The molecule has 1 saturated heterocycles. The Hall–Kier alpha value is -2.11. The van der Waals surface area contributed by atoms with Gasteiger partial charge in [-0.3, -0.25) is 14.3 Å². The summed E-state index contributed by atoms with van der Waals surface area (Å²) in [6, 6.07) is 3.08. The van der Waals surface area contributed by atoms with Crippen LogP contribution in [0.1, 0.15) is 38.5 Å². The van der Waals surface area contributed by atoms with E-state index in [1.165, 1.54) is 12.1 Å². The minimum Gasteiger partial charge on any atom is -0.484 e. The number of hydrogen-bond donors (Lipinski definition) is 3. The van der Waals surface area contributed by atoms with Gasteiger partial charge < -0.3 is 20.7 Å². The van der Waals surface area contributed by atoms with Crippen LogP contribution in [0.25, 0.3) is 0 Å². The molecule has 33 heavy (non-hydrogen) atoms. The van der Waals surface area contributed by atoms with E-state index in [1.54, 1.807) is 0 Å². The lowest BCUT2D eigenvalue weighted by atomic mass is 9.92. The Labute approximate surface area is 193 Å². The maximum absolute atomic E-state index is 13.4. The van der Waals surface area contributed by atoms with Gasteiger partial charge in [0.15, 0.2) is 6.61 Å². The molecule has 1 aliphatic heterocycles. The highest BCUT2D eigenvalue weighted by atomic mass is 35.5. The third-order valence-corrected chi connectivity index (χ3v) is 5.98. The number of rotatable bonds is 7. The summed E-state index contributed by atoms with van der Waals surface area (Å²) in [6.07, 6.45) is -3.12. The second-order valence-corrected chi connectivity index (χ2v) is 8.62. The van der Waals surface area contributed by atoms with Crippen LogP contribution in [-0.4, -0.2) is 55.6 Å². The van der Waals surface area contributed by atoms with E-state index in [9.17, 15) is 27.2 Å². The molecule has 1 aliphatic carbocycles. The first-order chi connectivity index (χ1) is 15.6. The lowest BCUT2D eigenvalue weighted by Crippen LogP contribution is -2.56. The van der Waals surface area contributed by atoms with Crippen LogP contribution in [0.4, 0.5) is 17.6 Å². The molecule has 1 heterocycles. The van der Waals surface area contributed by atoms with E-state index < -0.39 is 24.3 Å². The molecular formula is C21H26ClF4N3O4. The highest BCUT2D eigenvalue weighted by molar-refractivity contribution is 6.30. The zero-order chi connectivity index (χ0) is 24.0. The van der Waals surface area contributed by atoms with Crippen LogP contribution in [0.3, 0.4) is 0 Å². The van der Waals surface area contributed by atoms with E-state index in [1.807, 2.05) is 0 Å². The lowest BCUT2D eigenvalue weighted by Gasteiger charge is -2.33. The average molecular weight is 496 g/mol. The smallest absolute Gasteiger partial charge is 0.484 e. The Balaban J connectivity index is 1.32. The van der Waals surface area contributed by atoms with Crippen LogP contribution in [0.15, 0.2) is 18.2 Å². The van der Waals surface area contributed by atoms with E-state index in [0.29, 0.717) is 32.2 Å². The number of amides is 2. The molecule has 2 fully saturated rings. The number of alkyl halides is 3. The number of carbonyl (C=O) groups is 2. The molecule has 1 aromatic carbocycles. The molecule has 0 radical (unpaired) electrons. The molecule has 1 aromatic rings. The third kappa shape index (κ3) is 8.31. The number of hydrogen-bond acceptors (Lipinski definition) is 5. The molecule has 12 heteroatoms. The van der Waals surface area contributed by atoms with Crippen LogP contribution in [-0.2, 0) is 14.3 Å². The van der Waals surface area contributed by atoms with E-state index in [-0.39, 0.29) is 54.1 Å². The fourth-order valence-corrected chi connectivity index (χ4v) is 4.12. The van der Waals surface area contributed by atoms with Gasteiger partial charge in [-0.15, -0.1) is 13.2 Å². The van der Waals surface area contributed by atoms with Gasteiger partial charge in [0.2, 0.25) is 5.91 Å². The SMILES string of the molecule is O=C(COc1ccc(Cl)c(F)c1)N[C@H]1CC[C@H](C(=O)N[C@H]2CC[C@@H](OC(F)(F)F)CC2)NC1. The van der Waals surface area contributed by atoms with Gasteiger partial charge in [-0.05, 0) is 50.7 Å². The number of benzene rings is 1. The highest BCUT2D eigenvalue weighted by Crippen LogP contribution is 2.28. The first kappa shape index (κ1) is 25.5. The van der Waals surface area contributed by atoms with Crippen molar-refractivity contribution >= 4 is 23.4 Å². The van der Waals surface area contributed by atoms with Gasteiger partial charge in [0.05, 0.1) is 17.2 Å². The van der Waals surface area contributed by atoms with Crippen molar-refractivity contribution in [2.75, 3.05) is 13.2 Å². The Morgan fingerprint density at radius 2 is 1.76 bits per heavy atom. The van der Waals surface area contributed by atoms with Crippen molar-refractivity contribution in [2.24, 2.45) is 0 Å². The number of carbonyl (C=O) groups excluding carboxylic acids is 2. The lowest BCUT2D eigenvalue weighted by molar-refractivity contribution is -0.345. The second-order valence-electron chi connectivity index (χ2n) is 8.21. The molecule has 3 N–H and O–H groups in total. The van der Waals surface area contributed by atoms with Crippen molar-refractivity contribution in [3.63, 3.8) is 0 Å². The summed E-state index contributed by atoms with van der Waals surface area (Å²) in [6.45, 7) is 0.0910. The van der Waals surface area contributed by atoms with Gasteiger partial charge in [-0.2, -0.15) is 0 Å². The molecule has 1 saturated carbocycles. The van der Waals surface area contributed by atoms with E-state index in [4.69, 9.17) is 16.3 Å². The Morgan fingerprint density at radius 3 is 2.36 bits per heavy atom. The number of piperidine rings is 1. The Bertz CT molecular complexity index is 826. The summed E-state index contributed by atoms with van der Waals surface area (Å²) in [7, 11) is 0.